The maximum Gasteiger partial charge on any atom is 0.270 e. The molecule has 2 unspecified atom stereocenters. The lowest BCUT2D eigenvalue weighted by Crippen LogP contribution is -2.26. The number of nitro benzene ring substituents is 1. The van der Waals surface area contributed by atoms with Crippen molar-refractivity contribution in [2.24, 2.45) is 5.73 Å². The van der Waals surface area contributed by atoms with Gasteiger partial charge in [0.25, 0.3) is 5.69 Å². The summed E-state index contributed by atoms with van der Waals surface area (Å²) in [6.07, 6.45) is 0. The number of nitro groups is 1. The van der Waals surface area contributed by atoms with Crippen LogP contribution in [0.2, 0.25) is 0 Å². The van der Waals surface area contributed by atoms with Gasteiger partial charge < -0.3 is 15.0 Å². The van der Waals surface area contributed by atoms with Crippen LogP contribution in [0, 0.1) is 10.1 Å². The molecule has 8 heteroatoms. The van der Waals surface area contributed by atoms with E-state index in [2.05, 4.69) is 10.1 Å². The van der Waals surface area contributed by atoms with E-state index >= 15 is 0 Å². The number of hydrogen-bond donors (Lipinski definition) is 1. The first-order chi connectivity index (χ1) is 9.65. The maximum absolute atomic E-state index is 10.8. The van der Waals surface area contributed by atoms with Gasteiger partial charge in [-0.3, -0.25) is 10.1 Å². The predicted molar refractivity (Wildman–Crippen MR) is 67.9 cm³/mol. The smallest absolute Gasteiger partial charge is 0.270 e. The van der Waals surface area contributed by atoms with E-state index in [1.165, 1.54) is 12.1 Å². The van der Waals surface area contributed by atoms with Gasteiger partial charge >= 0.3 is 0 Å². The van der Waals surface area contributed by atoms with Crippen LogP contribution in [0.5, 0.6) is 0 Å². The molecule has 2 N–H and O–H groups in total. The third kappa shape index (κ3) is 2.26. The number of nitrogens with zero attached hydrogens (tertiary/aromatic N) is 3. The van der Waals surface area contributed by atoms with Gasteiger partial charge in [-0.25, -0.2) is 0 Å². The lowest BCUT2D eigenvalue weighted by atomic mass is 10.1. The number of rotatable bonds is 3. The van der Waals surface area contributed by atoms with Crippen molar-refractivity contribution in [3.05, 3.63) is 40.3 Å². The van der Waals surface area contributed by atoms with Crippen molar-refractivity contribution in [2.75, 3.05) is 13.2 Å². The van der Waals surface area contributed by atoms with Gasteiger partial charge in [0.1, 0.15) is 0 Å². The number of non-ortho nitro benzene ring substituents is 1. The molecule has 2 heterocycles. The van der Waals surface area contributed by atoms with E-state index in [9.17, 15) is 10.1 Å². The fourth-order valence-corrected chi connectivity index (χ4v) is 2.09. The van der Waals surface area contributed by atoms with Gasteiger partial charge in [-0.2, -0.15) is 4.98 Å². The van der Waals surface area contributed by atoms with Crippen molar-refractivity contribution in [1.29, 1.82) is 0 Å². The quantitative estimate of drug-likeness (QED) is 0.658. The molecule has 0 spiro atoms. The van der Waals surface area contributed by atoms with Crippen LogP contribution in [0.25, 0.3) is 11.4 Å². The van der Waals surface area contributed by atoms with Crippen molar-refractivity contribution in [2.45, 2.75) is 12.0 Å². The molecule has 1 aliphatic heterocycles. The zero-order valence-electron chi connectivity index (χ0n) is 10.4. The van der Waals surface area contributed by atoms with Crippen molar-refractivity contribution in [3.63, 3.8) is 0 Å². The van der Waals surface area contributed by atoms with Gasteiger partial charge in [-0.1, -0.05) is 17.3 Å². The number of aromatic nitrogens is 2. The van der Waals surface area contributed by atoms with E-state index in [0.29, 0.717) is 30.5 Å². The molecule has 1 fully saturated rings. The molecule has 104 valence electrons. The molecule has 1 aromatic heterocycles. The summed E-state index contributed by atoms with van der Waals surface area (Å²) in [5.74, 6) is 0.578. The molecule has 0 amide bonds. The first-order valence-corrected chi connectivity index (χ1v) is 6.07. The Kier molecular flexibility index (Phi) is 3.17. The van der Waals surface area contributed by atoms with Crippen molar-refractivity contribution in [3.8, 4) is 11.4 Å². The highest BCUT2D eigenvalue weighted by molar-refractivity contribution is 5.58. The van der Waals surface area contributed by atoms with Crippen LogP contribution in [-0.2, 0) is 4.74 Å². The highest BCUT2D eigenvalue weighted by Crippen LogP contribution is 2.26. The molecular formula is C12H12N4O4. The van der Waals surface area contributed by atoms with E-state index < -0.39 is 4.92 Å². The maximum atomic E-state index is 10.8. The Morgan fingerprint density at radius 1 is 1.40 bits per heavy atom. The Balaban J connectivity index is 1.90. The molecule has 3 rings (SSSR count). The van der Waals surface area contributed by atoms with Crippen LogP contribution >= 0.6 is 0 Å². The Labute approximate surface area is 113 Å². The second-order valence-electron chi connectivity index (χ2n) is 4.57. The first-order valence-electron chi connectivity index (χ1n) is 6.07. The lowest BCUT2D eigenvalue weighted by Gasteiger charge is -2.06. The monoisotopic (exact) mass is 276 g/mol. The topological polar surface area (TPSA) is 117 Å². The zero-order chi connectivity index (χ0) is 14.1. The molecule has 0 aliphatic carbocycles. The van der Waals surface area contributed by atoms with Crippen molar-refractivity contribution in [1.82, 2.24) is 10.1 Å². The van der Waals surface area contributed by atoms with Crippen molar-refractivity contribution >= 4 is 5.69 Å². The van der Waals surface area contributed by atoms with Gasteiger partial charge in [0.15, 0.2) is 0 Å². The van der Waals surface area contributed by atoms with Crippen LogP contribution in [0.3, 0.4) is 0 Å². The minimum atomic E-state index is -0.467. The molecule has 0 bridgehead atoms. The highest BCUT2D eigenvalue weighted by atomic mass is 16.6. The number of benzene rings is 1. The lowest BCUT2D eigenvalue weighted by molar-refractivity contribution is -0.384. The first kappa shape index (κ1) is 12.7. The molecule has 0 saturated carbocycles. The second-order valence-corrected chi connectivity index (χ2v) is 4.57. The van der Waals surface area contributed by atoms with Crippen LogP contribution in [0.15, 0.2) is 28.8 Å². The van der Waals surface area contributed by atoms with Gasteiger partial charge in [-0.15, -0.1) is 0 Å². The third-order valence-corrected chi connectivity index (χ3v) is 3.20. The minimum Gasteiger partial charge on any atom is -0.379 e. The largest absolute Gasteiger partial charge is 0.379 e. The van der Waals surface area contributed by atoms with Crippen LogP contribution in [0.4, 0.5) is 5.69 Å². The molecular weight excluding hydrogens is 264 g/mol. The highest BCUT2D eigenvalue weighted by Gasteiger charge is 2.31. The van der Waals surface area contributed by atoms with Crippen LogP contribution in [-0.4, -0.2) is 34.3 Å². The predicted octanol–water partition coefficient (Wildman–Crippen LogP) is 1.09. The fraction of sp³-hybridized carbons (Fsp3) is 0.333. The number of ether oxygens (including phenoxy) is 1. The average Bonchev–Trinajstić information content (AvgIpc) is 3.07. The summed E-state index contributed by atoms with van der Waals surface area (Å²) < 4.78 is 10.4. The Morgan fingerprint density at radius 3 is 2.95 bits per heavy atom. The standard InChI is InChI=1S/C12H12N4O4/c13-10-6-19-5-9(10)12-14-11(15-20-12)7-2-1-3-8(4-7)16(17)18/h1-4,9-10H,5-6,13H2. The van der Waals surface area contributed by atoms with E-state index in [-0.39, 0.29) is 17.6 Å². The molecule has 1 aromatic carbocycles. The zero-order valence-corrected chi connectivity index (χ0v) is 10.4. The number of hydrogen-bond acceptors (Lipinski definition) is 7. The Hall–Kier alpha value is -2.32. The summed E-state index contributed by atoms with van der Waals surface area (Å²) >= 11 is 0. The third-order valence-electron chi connectivity index (χ3n) is 3.20. The molecule has 0 radical (unpaired) electrons. The molecule has 1 aliphatic rings. The average molecular weight is 276 g/mol. The van der Waals surface area contributed by atoms with Gasteiger partial charge in [0.05, 0.1) is 24.1 Å². The summed E-state index contributed by atoms with van der Waals surface area (Å²) in [7, 11) is 0. The van der Waals surface area contributed by atoms with E-state index in [1.54, 1.807) is 12.1 Å². The second kappa shape index (κ2) is 4.99. The Morgan fingerprint density at radius 2 is 2.25 bits per heavy atom. The fourth-order valence-electron chi connectivity index (χ4n) is 2.09. The van der Waals surface area contributed by atoms with E-state index in [4.69, 9.17) is 15.0 Å². The van der Waals surface area contributed by atoms with Gasteiger partial charge in [-0.05, 0) is 0 Å². The van der Waals surface area contributed by atoms with Gasteiger partial charge in [0.2, 0.25) is 11.7 Å². The molecule has 1 saturated heterocycles. The van der Waals surface area contributed by atoms with Crippen LogP contribution in [0.1, 0.15) is 11.8 Å². The van der Waals surface area contributed by atoms with Crippen LogP contribution < -0.4 is 5.73 Å². The molecule has 20 heavy (non-hydrogen) atoms. The van der Waals surface area contributed by atoms with Gasteiger partial charge in [0, 0.05) is 23.7 Å². The molecule has 2 aromatic rings. The summed E-state index contributed by atoms with van der Waals surface area (Å²) in [6.45, 7) is 0.900. The Bertz CT molecular complexity index is 642. The van der Waals surface area contributed by atoms with Crippen molar-refractivity contribution < 1.29 is 14.2 Å². The minimum absolute atomic E-state index is 0.0187. The summed E-state index contributed by atoms with van der Waals surface area (Å²) in [5, 5.41) is 14.6. The summed E-state index contributed by atoms with van der Waals surface area (Å²) in [6, 6.07) is 5.90. The SMILES string of the molecule is NC1COCC1c1nc(-c2cccc([N+](=O)[O-])c2)no1. The molecule has 8 nitrogen and oxygen atoms in total. The summed E-state index contributed by atoms with van der Waals surface area (Å²) in [5.41, 5.74) is 6.39. The normalized spacial score (nSPS) is 22.1. The van der Waals surface area contributed by atoms with E-state index in [0.717, 1.165) is 0 Å². The molecule has 2 atom stereocenters. The van der Waals surface area contributed by atoms with E-state index in [1.807, 2.05) is 0 Å². The summed E-state index contributed by atoms with van der Waals surface area (Å²) in [4.78, 5) is 14.5. The number of nitrogens with two attached hydrogens (primary N) is 1.